The second-order valence-electron chi connectivity index (χ2n) is 5.47. The van der Waals surface area contributed by atoms with Crippen LogP contribution in [0.2, 0.25) is 0 Å². The van der Waals surface area contributed by atoms with Crippen molar-refractivity contribution >= 4 is 17.5 Å². The van der Waals surface area contributed by atoms with Crippen molar-refractivity contribution in [1.29, 1.82) is 0 Å². The lowest BCUT2D eigenvalue weighted by Gasteiger charge is -2.18. The third-order valence-electron chi connectivity index (χ3n) is 3.54. The molecule has 1 saturated heterocycles. The van der Waals surface area contributed by atoms with E-state index >= 15 is 0 Å². The van der Waals surface area contributed by atoms with E-state index in [1.54, 1.807) is 0 Å². The van der Waals surface area contributed by atoms with E-state index in [-0.39, 0.29) is 0 Å². The zero-order valence-corrected chi connectivity index (χ0v) is 12.2. The molecule has 0 bridgehead atoms. The molecule has 1 unspecified atom stereocenters. The Morgan fingerprint density at radius 1 is 1.44 bits per heavy atom. The summed E-state index contributed by atoms with van der Waals surface area (Å²) in [5.41, 5.74) is 2.20. The van der Waals surface area contributed by atoms with E-state index in [9.17, 15) is 0 Å². The van der Waals surface area contributed by atoms with E-state index < -0.39 is 0 Å². The lowest BCUT2D eigenvalue weighted by atomic mass is 10.1. The first-order valence-electron chi connectivity index (χ1n) is 6.76. The lowest BCUT2D eigenvalue weighted by Crippen LogP contribution is -2.23. The van der Waals surface area contributed by atoms with Crippen LogP contribution in [0.25, 0.3) is 0 Å². The van der Waals surface area contributed by atoms with Gasteiger partial charge in [0.15, 0.2) is 0 Å². The molecular weight excluding hydrogens is 246 g/mol. The predicted molar refractivity (Wildman–Crippen MR) is 76.5 cm³/mol. The minimum absolute atomic E-state index is 0.451. The van der Waals surface area contributed by atoms with Gasteiger partial charge in [-0.2, -0.15) is 0 Å². The van der Waals surface area contributed by atoms with Crippen LogP contribution >= 0.6 is 11.6 Å². The molecule has 3 nitrogen and oxygen atoms in total. The molecule has 0 N–H and O–H groups in total. The van der Waals surface area contributed by atoms with Gasteiger partial charge in [0.1, 0.15) is 0 Å². The van der Waals surface area contributed by atoms with E-state index in [1.165, 1.54) is 6.42 Å². The minimum Gasteiger partial charge on any atom is -0.341 e. The molecule has 0 aliphatic carbocycles. The molecule has 0 spiro atoms. The van der Waals surface area contributed by atoms with Crippen LogP contribution < -0.4 is 4.90 Å². The largest absolute Gasteiger partial charge is 0.341 e. The van der Waals surface area contributed by atoms with Gasteiger partial charge in [0.2, 0.25) is 5.95 Å². The average molecular weight is 268 g/mol. The SMILES string of the molecule is Cc1cc(C(C)C)nc(N2CCC(CCCl)C2)n1. The lowest BCUT2D eigenvalue weighted by molar-refractivity contribution is 0.571. The summed E-state index contributed by atoms with van der Waals surface area (Å²) in [6.07, 6.45) is 2.31. The van der Waals surface area contributed by atoms with Gasteiger partial charge in [-0.1, -0.05) is 13.8 Å². The second-order valence-corrected chi connectivity index (χ2v) is 5.85. The molecule has 4 heteroatoms. The van der Waals surface area contributed by atoms with Gasteiger partial charge in [0.05, 0.1) is 0 Å². The Morgan fingerprint density at radius 2 is 2.22 bits per heavy atom. The molecule has 1 aromatic rings. The van der Waals surface area contributed by atoms with Crippen molar-refractivity contribution in [3.63, 3.8) is 0 Å². The quantitative estimate of drug-likeness (QED) is 0.784. The summed E-state index contributed by atoms with van der Waals surface area (Å²) in [6, 6.07) is 2.08. The van der Waals surface area contributed by atoms with E-state index in [1.807, 2.05) is 6.92 Å². The normalized spacial score (nSPS) is 19.8. The van der Waals surface area contributed by atoms with Crippen molar-refractivity contribution in [3.05, 3.63) is 17.5 Å². The Morgan fingerprint density at radius 3 is 2.89 bits per heavy atom. The number of halogens is 1. The van der Waals surface area contributed by atoms with Gasteiger partial charge in [-0.15, -0.1) is 11.6 Å². The Balaban J connectivity index is 2.14. The van der Waals surface area contributed by atoms with Crippen LogP contribution in [0.4, 0.5) is 5.95 Å². The highest BCUT2D eigenvalue weighted by molar-refractivity contribution is 6.17. The Kier molecular flexibility index (Phi) is 4.44. The molecule has 18 heavy (non-hydrogen) atoms. The minimum atomic E-state index is 0.451. The van der Waals surface area contributed by atoms with E-state index in [0.717, 1.165) is 42.7 Å². The number of hydrogen-bond acceptors (Lipinski definition) is 3. The molecule has 0 amide bonds. The molecule has 0 saturated carbocycles. The monoisotopic (exact) mass is 267 g/mol. The van der Waals surface area contributed by atoms with Crippen molar-refractivity contribution in [2.75, 3.05) is 23.9 Å². The van der Waals surface area contributed by atoms with Gasteiger partial charge in [-0.3, -0.25) is 0 Å². The smallest absolute Gasteiger partial charge is 0.225 e. The number of alkyl halides is 1. The number of aryl methyl sites for hydroxylation is 1. The van der Waals surface area contributed by atoms with Gasteiger partial charge >= 0.3 is 0 Å². The first kappa shape index (κ1) is 13.6. The highest BCUT2D eigenvalue weighted by Crippen LogP contribution is 2.25. The number of hydrogen-bond donors (Lipinski definition) is 0. The number of nitrogens with zero attached hydrogens (tertiary/aromatic N) is 3. The molecule has 2 rings (SSSR count). The van der Waals surface area contributed by atoms with Gasteiger partial charge in [0, 0.05) is 30.4 Å². The molecular formula is C14H22ClN3. The number of aromatic nitrogens is 2. The van der Waals surface area contributed by atoms with Gasteiger partial charge in [-0.05, 0) is 37.7 Å². The topological polar surface area (TPSA) is 29.0 Å². The molecule has 0 radical (unpaired) electrons. The molecule has 2 heterocycles. The maximum Gasteiger partial charge on any atom is 0.225 e. The molecule has 0 aromatic carbocycles. The van der Waals surface area contributed by atoms with E-state index in [0.29, 0.717) is 11.8 Å². The standard InChI is InChI=1S/C14H22ClN3/c1-10(2)13-8-11(3)16-14(17-13)18-7-5-12(9-18)4-6-15/h8,10,12H,4-7,9H2,1-3H3. The van der Waals surface area contributed by atoms with Gasteiger partial charge < -0.3 is 4.90 Å². The van der Waals surface area contributed by atoms with Crippen LogP contribution in [0.15, 0.2) is 6.07 Å². The summed E-state index contributed by atoms with van der Waals surface area (Å²) in [5.74, 6) is 2.81. The first-order valence-corrected chi connectivity index (χ1v) is 7.30. The fourth-order valence-corrected chi connectivity index (χ4v) is 2.73. The molecule has 100 valence electrons. The predicted octanol–water partition coefficient (Wildman–Crippen LogP) is 3.36. The molecule has 1 aromatic heterocycles. The van der Waals surface area contributed by atoms with Crippen LogP contribution in [-0.2, 0) is 0 Å². The van der Waals surface area contributed by atoms with Crippen LogP contribution in [0.3, 0.4) is 0 Å². The Labute approximate surface area is 115 Å². The third kappa shape index (κ3) is 3.14. The van der Waals surface area contributed by atoms with Crippen molar-refractivity contribution < 1.29 is 0 Å². The van der Waals surface area contributed by atoms with E-state index in [4.69, 9.17) is 16.6 Å². The maximum absolute atomic E-state index is 5.82. The third-order valence-corrected chi connectivity index (χ3v) is 3.76. The maximum atomic E-state index is 5.82. The van der Waals surface area contributed by atoms with Crippen molar-refractivity contribution in [2.24, 2.45) is 5.92 Å². The fraction of sp³-hybridized carbons (Fsp3) is 0.714. The highest BCUT2D eigenvalue weighted by Gasteiger charge is 2.24. The number of rotatable bonds is 4. The van der Waals surface area contributed by atoms with Crippen molar-refractivity contribution in [3.8, 4) is 0 Å². The van der Waals surface area contributed by atoms with Gasteiger partial charge in [0.25, 0.3) is 0 Å². The molecule has 1 aliphatic heterocycles. The van der Waals surface area contributed by atoms with Crippen LogP contribution in [0.1, 0.15) is 44.0 Å². The summed E-state index contributed by atoms with van der Waals surface area (Å²) in [5, 5.41) is 0. The highest BCUT2D eigenvalue weighted by atomic mass is 35.5. The molecule has 1 atom stereocenters. The van der Waals surface area contributed by atoms with Crippen molar-refractivity contribution in [1.82, 2.24) is 9.97 Å². The van der Waals surface area contributed by atoms with E-state index in [2.05, 4.69) is 29.8 Å². The van der Waals surface area contributed by atoms with Crippen LogP contribution in [0.5, 0.6) is 0 Å². The number of anilines is 1. The summed E-state index contributed by atoms with van der Waals surface area (Å²) >= 11 is 5.82. The zero-order valence-electron chi connectivity index (χ0n) is 11.5. The van der Waals surface area contributed by atoms with Crippen molar-refractivity contribution in [2.45, 2.75) is 39.5 Å². The fourth-order valence-electron chi connectivity index (χ4n) is 2.42. The molecule has 1 fully saturated rings. The summed E-state index contributed by atoms with van der Waals surface area (Å²) < 4.78 is 0. The summed E-state index contributed by atoms with van der Waals surface area (Å²) in [4.78, 5) is 11.6. The van der Waals surface area contributed by atoms with Gasteiger partial charge in [-0.25, -0.2) is 9.97 Å². The van der Waals surface area contributed by atoms with Crippen LogP contribution in [0, 0.1) is 12.8 Å². The Bertz CT molecular complexity index is 406. The molecule has 1 aliphatic rings. The zero-order chi connectivity index (χ0) is 13.1. The average Bonchev–Trinajstić information content (AvgIpc) is 2.77. The summed E-state index contributed by atoms with van der Waals surface area (Å²) in [6.45, 7) is 8.50. The van der Waals surface area contributed by atoms with Crippen LogP contribution in [-0.4, -0.2) is 28.9 Å². The second kappa shape index (κ2) is 5.87. The Hall–Kier alpha value is -0.830. The summed E-state index contributed by atoms with van der Waals surface area (Å²) in [7, 11) is 0. The first-order chi connectivity index (χ1) is 8.60.